The van der Waals surface area contributed by atoms with E-state index in [1.807, 2.05) is 24.3 Å². The Morgan fingerprint density at radius 1 is 0.800 bits per heavy atom. The van der Waals surface area contributed by atoms with E-state index in [1.54, 1.807) is 0 Å². The highest BCUT2D eigenvalue weighted by molar-refractivity contribution is 5.86. The van der Waals surface area contributed by atoms with Crippen molar-refractivity contribution in [3.8, 4) is 22.8 Å². The van der Waals surface area contributed by atoms with Crippen LogP contribution in [-0.4, -0.2) is 42.9 Å². The van der Waals surface area contributed by atoms with E-state index >= 15 is 0 Å². The second kappa shape index (κ2) is 17.4. The number of halogens is 3. The van der Waals surface area contributed by atoms with Crippen molar-refractivity contribution in [1.29, 1.82) is 0 Å². The van der Waals surface area contributed by atoms with Gasteiger partial charge in [-0.05, 0) is 82.5 Å². The Morgan fingerprint density at radius 2 is 1.40 bits per heavy atom. The average Bonchev–Trinajstić information content (AvgIpc) is 2.80. The van der Waals surface area contributed by atoms with E-state index in [-0.39, 0.29) is 59.4 Å². The minimum absolute atomic E-state index is 0. The molecule has 0 fully saturated rings. The number of fused-ring (bicyclic) bond motifs is 1. The van der Waals surface area contributed by atoms with Gasteiger partial charge in [-0.1, -0.05) is 24.3 Å². The molecule has 10 heteroatoms. The smallest absolute Gasteiger partial charge is 0.201 e. The predicted octanol–water partition coefficient (Wildman–Crippen LogP) is 4.38. The van der Waals surface area contributed by atoms with E-state index in [2.05, 4.69) is 10.6 Å². The van der Waals surface area contributed by atoms with Gasteiger partial charge in [-0.2, -0.15) is 0 Å². The fraction of sp³-hybridized carbons (Fsp3) is 0.400. The summed E-state index contributed by atoms with van der Waals surface area (Å²) in [4.78, 5) is 12.4. The molecule has 0 radical (unpaired) electrons. The van der Waals surface area contributed by atoms with Crippen LogP contribution in [0.15, 0.2) is 51.7 Å². The SMILES string of the molecule is Cl.Cl.Cl.NCCCNCCCCNCCCc1ccc(-c2cc(=O)c3ccc(O)c(O)c3o2)cc1. The molecule has 0 atom stereocenters. The molecule has 3 aromatic rings. The summed E-state index contributed by atoms with van der Waals surface area (Å²) in [6.45, 7) is 4.80. The summed E-state index contributed by atoms with van der Waals surface area (Å²) in [5.41, 5.74) is 7.15. The van der Waals surface area contributed by atoms with Crippen LogP contribution in [0.5, 0.6) is 11.5 Å². The number of benzene rings is 2. The van der Waals surface area contributed by atoms with Crippen LogP contribution < -0.4 is 21.8 Å². The number of hydrogen-bond donors (Lipinski definition) is 5. The molecule has 0 amide bonds. The second-order valence-corrected chi connectivity index (χ2v) is 7.93. The summed E-state index contributed by atoms with van der Waals surface area (Å²) >= 11 is 0. The van der Waals surface area contributed by atoms with Gasteiger partial charge in [0.1, 0.15) is 5.76 Å². The van der Waals surface area contributed by atoms with Crippen molar-refractivity contribution in [3.05, 3.63) is 58.3 Å². The lowest BCUT2D eigenvalue weighted by Gasteiger charge is -2.08. The van der Waals surface area contributed by atoms with Crippen molar-refractivity contribution in [2.24, 2.45) is 5.73 Å². The molecule has 0 aliphatic rings. The summed E-state index contributed by atoms with van der Waals surface area (Å²) in [5, 5.41) is 26.8. The first kappa shape index (κ1) is 33.0. The third-order valence-corrected chi connectivity index (χ3v) is 5.42. The Balaban J connectivity index is 0.00000385. The maximum atomic E-state index is 12.4. The predicted molar refractivity (Wildman–Crippen MR) is 150 cm³/mol. The number of rotatable bonds is 13. The van der Waals surface area contributed by atoms with Gasteiger partial charge in [0.25, 0.3) is 0 Å². The Kier molecular flexibility index (Phi) is 16.4. The lowest BCUT2D eigenvalue weighted by molar-refractivity contribution is 0.400. The lowest BCUT2D eigenvalue weighted by atomic mass is 10.1. The van der Waals surface area contributed by atoms with Crippen LogP contribution in [0.2, 0.25) is 0 Å². The number of phenolic OH excluding ortho intramolecular Hbond substituents is 2. The van der Waals surface area contributed by atoms with E-state index in [0.29, 0.717) is 5.76 Å². The number of nitrogens with two attached hydrogens (primary N) is 1. The van der Waals surface area contributed by atoms with Crippen molar-refractivity contribution in [2.75, 3.05) is 32.7 Å². The number of aromatic hydroxyl groups is 2. The molecule has 3 rings (SSSR count). The fourth-order valence-electron chi connectivity index (χ4n) is 3.57. The first-order chi connectivity index (χ1) is 15.6. The Bertz CT molecular complexity index is 1060. The minimum atomic E-state index is -0.423. The normalized spacial score (nSPS) is 10.3. The van der Waals surface area contributed by atoms with E-state index in [0.717, 1.165) is 64.0 Å². The van der Waals surface area contributed by atoms with Gasteiger partial charge >= 0.3 is 0 Å². The molecule has 0 bridgehead atoms. The molecule has 35 heavy (non-hydrogen) atoms. The molecule has 1 heterocycles. The average molecular weight is 549 g/mol. The highest BCUT2D eigenvalue weighted by Gasteiger charge is 2.13. The van der Waals surface area contributed by atoms with Crippen molar-refractivity contribution in [3.63, 3.8) is 0 Å². The van der Waals surface area contributed by atoms with Crippen LogP contribution in [-0.2, 0) is 6.42 Å². The van der Waals surface area contributed by atoms with Crippen LogP contribution >= 0.6 is 37.2 Å². The van der Waals surface area contributed by atoms with Crippen molar-refractivity contribution < 1.29 is 14.6 Å². The number of phenols is 2. The zero-order valence-electron chi connectivity index (χ0n) is 19.6. The summed E-state index contributed by atoms with van der Waals surface area (Å²) in [7, 11) is 0. The first-order valence-corrected chi connectivity index (χ1v) is 11.3. The number of aryl methyl sites for hydroxylation is 1. The largest absolute Gasteiger partial charge is 0.504 e. The van der Waals surface area contributed by atoms with Gasteiger partial charge < -0.3 is 31.0 Å². The minimum Gasteiger partial charge on any atom is -0.504 e. The zero-order valence-corrected chi connectivity index (χ0v) is 22.1. The molecule has 0 saturated heterocycles. The molecule has 0 aliphatic carbocycles. The molecule has 0 aliphatic heterocycles. The molecule has 0 saturated carbocycles. The van der Waals surface area contributed by atoms with Crippen molar-refractivity contribution >= 4 is 48.2 Å². The van der Waals surface area contributed by atoms with Crippen LogP contribution in [0.25, 0.3) is 22.3 Å². The Hall–Kier alpha value is -2.00. The molecule has 7 nitrogen and oxygen atoms in total. The van der Waals surface area contributed by atoms with Gasteiger partial charge in [0.2, 0.25) is 5.75 Å². The monoisotopic (exact) mass is 547 g/mol. The standard InChI is InChI=1S/C25H33N3O4.3ClH/c26-12-4-16-28-14-2-1-13-27-15-3-5-18-6-8-19(9-7-18)23-17-22(30)20-10-11-21(29)24(31)25(20)32-23;;;/h6-11,17,27-29,31H,1-5,12-16,26H2;3*1H. The summed E-state index contributed by atoms with van der Waals surface area (Å²) < 4.78 is 5.72. The van der Waals surface area contributed by atoms with Crippen molar-refractivity contribution in [1.82, 2.24) is 10.6 Å². The molecular formula is C25H36Cl3N3O4. The first-order valence-electron chi connectivity index (χ1n) is 11.3. The van der Waals surface area contributed by atoms with Gasteiger partial charge in [0.15, 0.2) is 16.8 Å². The molecule has 0 spiro atoms. The van der Waals surface area contributed by atoms with Gasteiger partial charge in [-0.25, -0.2) is 0 Å². The molecule has 2 aromatic carbocycles. The lowest BCUT2D eigenvalue weighted by Crippen LogP contribution is -2.21. The van der Waals surface area contributed by atoms with Crippen LogP contribution in [0.3, 0.4) is 0 Å². The van der Waals surface area contributed by atoms with E-state index in [4.69, 9.17) is 10.2 Å². The summed E-state index contributed by atoms with van der Waals surface area (Å²) in [6, 6.07) is 12.0. The quantitative estimate of drug-likeness (QED) is 0.159. The number of unbranched alkanes of at least 4 members (excludes halogenated alkanes) is 1. The zero-order chi connectivity index (χ0) is 22.8. The fourth-order valence-corrected chi connectivity index (χ4v) is 3.57. The highest BCUT2D eigenvalue weighted by atomic mass is 35.5. The molecule has 196 valence electrons. The number of nitrogens with one attached hydrogen (secondary N) is 2. The van der Waals surface area contributed by atoms with Crippen LogP contribution in [0, 0.1) is 0 Å². The summed E-state index contributed by atoms with van der Waals surface area (Å²) in [6.07, 6.45) is 5.37. The molecule has 1 aromatic heterocycles. The van der Waals surface area contributed by atoms with Crippen molar-refractivity contribution in [2.45, 2.75) is 32.1 Å². The van der Waals surface area contributed by atoms with Gasteiger partial charge in [0.05, 0.1) is 5.39 Å². The Labute approximate surface area is 224 Å². The van der Waals surface area contributed by atoms with E-state index < -0.39 is 5.75 Å². The number of hydrogen-bond acceptors (Lipinski definition) is 7. The second-order valence-electron chi connectivity index (χ2n) is 7.93. The van der Waals surface area contributed by atoms with Crippen LogP contribution in [0.1, 0.15) is 31.2 Å². The highest BCUT2D eigenvalue weighted by Crippen LogP contribution is 2.34. The molecule has 0 unspecified atom stereocenters. The Morgan fingerprint density at radius 3 is 2.03 bits per heavy atom. The maximum Gasteiger partial charge on any atom is 0.201 e. The maximum absolute atomic E-state index is 12.4. The van der Waals surface area contributed by atoms with Crippen LogP contribution in [0.4, 0.5) is 0 Å². The van der Waals surface area contributed by atoms with Gasteiger partial charge in [0, 0.05) is 11.6 Å². The molecule has 6 N–H and O–H groups in total. The third-order valence-electron chi connectivity index (χ3n) is 5.42. The van der Waals surface area contributed by atoms with E-state index in [1.165, 1.54) is 30.2 Å². The summed E-state index contributed by atoms with van der Waals surface area (Å²) in [5.74, 6) is -0.386. The van der Waals surface area contributed by atoms with Gasteiger partial charge in [-0.15, -0.1) is 37.2 Å². The molecular weight excluding hydrogens is 513 g/mol. The van der Waals surface area contributed by atoms with E-state index in [9.17, 15) is 15.0 Å². The van der Waals surface area contributed by atoms with Gasteiger partial charge in [-0.3, -0.25) is 4.79 Å². The third kappa shape index (κ3) is 9.88. The topological polar surface area (TPSA) is 121 Å².